The van der Waals surface area contributed by atoms with Crippen molar-refractivity contribution in [2.75, 3.05) is 6.61 Å². The average molecular weight is 548 g/mol. The van der Waals surface area contributed by atoms with E-state index in [0.29, 0.717) is 12.8 Å². The van der Waals surface area contributed by atoms with Gasteiger partial charge in [-0.2, -0.15) is 0 Å². The molecule has 0 aliphatic carbocycles. The molecular weight excluding hydrogens is 482 g/mol. The summed E-state index contributed by atoms with van der Waals surface area (Å²) in [4.78, 5) is 12.2. The van der Waals surface area contributed by atoms with Gasteiger partial charge in [-0.25, -0.2) is 0 Å². The SMILES string of the molecule is CCCCCCC/C=C\C/C=C\C/C=C\CCCCCCCCCCC(=O)NC(CO)C(O)CCCCCC. The molecule has 2 atom stereocenters. The Morgan fingerprint density at radius 1 is 0.615 bits per heavy atom. The Kier molecular flexibility index (Phi) is 30.0. The molecule has 0 rings (SSSR count). The van der Waals surface area contributed by atoms with E-state index in [1.54, 1.807) is 0 Å². The second-order valence-electron chi connectivity index (χ2n) is 11.2. The van der Waals surface area contributed by atoms with Gasteiger partial charge >= 0.3 is 0 Å². The fourth-order valence-corrected chi connectivity index (χ4v) is 4.78. The van der Waals surface area contributed by atoms with E-state index >= 15 is 0 Å². The summed E-state index contributed by atoms with van der Waals surface area (Å²) in [5.41, 5.74) is 0. The molecule has 0 aromatic rings. The Labute approximate surface area is 242 Å². The molecule has 4 nitrogen and oxygen atoms in total. The molecule has 4 heteroatoms. The van der Waals surface area contributed by atoms with Gasteiger partial charge in [0.05, 0.1) is 18.8 Å². The van der Waals surface area contributed by atoms with Crippen LogP contribution in [0.2, 0.25) is 0 Å². The van der Waals surface area contributed by atoms with Gasteiger partial charge in [0, 0.05) is 6.42 Å². The van der Waals surface area contributed by atoms with E-state index in [2.05, 4.69) is 55.6 Å². The van der Waals surface area contributed by atoms with Crippen molar-refractivity contribution in [1.82, 2.24) is 5.32 Å². The molecule has 3 N–H and O–H groups in total. The molecule has 228 valence electrons. The van der Waals surface area contributed by atoms with E-state index in [1.807, 2.05) is 0 Å². The van der Waals surface area contributed by atoms with E-state index in [0.717, 1.165) is 51.4 Å². The standard InChI is InChI=1S/C35H65NO3/c1-3-5-7-9-10-11-12-13-14-15-16-17-18-19-20-21-22-23-24-25-26-27-29-31-35(39)36-33(32-37)34(38)30-28-8-6-4-2/h12-13,15-16,18-19,33-34,37-38H,3-11,14,17,20-32H2,1-2H3,(H,36,39)/b13-12-,16-15-,19-18-. The third-order valence-corrected chi connectivity index (χ3v) is 7.40. The van der Waals surface area contributed by atoms with Crippen LogP contribution in [0.5, 0.6) is 0 Å². The first kappa shape index (κ1) is 37.6. The number of aliphatic hydroxyl groups excluding tert-OH is 2. The lowest BCUT2D eigenvalue weighted by atomic mass is 10.0. The van der Waals surface area contributed by atoms with Crippen LogP contribution in [0.1, 0.15) is 162 Å². The Morgan fingerprint density at radius 2 is 1.05 bits per heavy atom. The lowest BCUT2D eigenvalue weighted by Crippen LogP contribution is -2.45. The van der Waals surface area contributed by atoms with Gasteiger partial charge in [0.2, 0.25) is 5.91 Å². The fraction of sp³-hybridized carbons (Fsp3) is 0.800. The molecule has 0 aromatic heterocycles. The van der Waals surface area contributed by atoms with Crippen molar-refractivity contribution < 1.29 is 15.0 Å². The maximum atomic E-state index is 12.2. The molecule has 39 heavy (non-hydrogen) atoms. The van der Waals surface area contributed by atoms with Crippen LogP contribution < -0.4 is 5.32 Å². The van der Waals surface area contributed by atoms with Gasteiger partial charge in [-0.15, -0.1) is 0 Å². The summed E-state index contributed by atoms with van der Waals surface area (Å²) in [6.07, 6.45) is 39.5. The lowest BCUT2D eigenvalue weighted by Gasteiger charge is -2.22. The number of carbonyl (C=O) groups excluding carboxylic acids is 1. The number of unbranched alkanes of at least 4 members (excludes halogenated alkanes) is 16. The Morgan fingerprint density at radius 3 is 1.56 bits per heavy atom. The normalized spacial score (nSPS) is 13.6. The maximum absolute atomic E-state index is 12.2. The zero-order valence-corrected chi connectivity index (χ0v) is 25.9. The smallest absolute Gasteiger partial charge is 0.220 e. The number of hydrogen-bond acceptors (Lipinski definition) is 3. The van der Waals surface area contributed by atoms with Gasteiger partial charge in [0.25, 0.3) is 0 Å². The highest BCUT2D eigenvalue weighted by atomic mass is 16.3. The summed E-state index contributed by atoms with van der Waals surface area (Å²) in [5, 5.41) is 22.6. The second-order valence-corrected chi connectivity index (χ2v) is 11.2. The topological polar surface area (TPSA) is 69.6 Å². The first-order chi connectivity index (χ1) is 19.2. The van der Waals surface area contributed by atoms with Gasteiger partial charge < -0.3 is 15.5 Å². The molecule has 0 fully saturated rings. The molecule has 0 saturated carbocycles. The van der Waals surface area contributed by atoms with Crippen molar-refractivity contribution >= 4 is 5.91 Å². The number of rotatable bonds is 29. The van der Waals surface area contributed by atoms with Crippen LogP contribution in [0.3, 0.4) is 0 Å². The molecule has 2 unspecified atom stereocenters. The average Bonchev–Trinajstić information content (AvgIpc) is 2.94. The zero-order chi connectivity index (χ0) is 28.7. The van der Waals surface area contributed by atoms with E-state index in [-0.39, 0.29) is 12.5 Å². The quantitative estimate of drug-likeness (QED) is 0.0645. The third kappa shape index (κ3) is 28.0. The van der Waals surface area contributed by atoms with Crippen LogP contribution >= 0.6 is 0 Å². The highest BCUT2D eigenvalue weighted by Gasteiger charge is 2.19. The molecule has 0 bridgehead atoms. The molecule has 0 saturated heterocycles. The number of nitrogens with one attached hydrogen (secondary N) is 1. The molecule has 1 amide bonds. The zero-order valence-electron chi connectivity index (χ0n) is 25.9. The summed E-state index contributed by atoms with van der Waals surface area (Å²) in [6, 6.07) is -0.535. The number of allylic oxidation sites excluding steroid dienone is 6. The highest BCUT2D eigenvalue weighted by molar-refractivity contribution is 5.76. The predicted octanol–water partition coefficient (Wildman–Crippen LogP) is 9.51. The van der Waals surface area contributed by atoms with Gasteiger partial charge in [0.15, 0.2) is 0 Å². The summed E-state index contributed by atoms with van der Waals surface area (Å²) < 4.78 is 0. The van der Waals surface area contributed by atoms with E-state index in [1.165, 1.54) is 83.5 Å². The largest absolute Gasteiger partial charge is 0.394 e. The number of hydrogen-bond donors (Lipinski definition) is 3. The van der Waals surface area contributed by atoms with Crippen LogP contribution in [-0.4, -0.2) is 34.9 Å². The summed E-state index contributed by atoms with van der Waals surface area (Å²) in [5.74, 6) is -0.0504. The van der Waals surface area contributed by atoms with Crippen LogP contribution in [0, 0.1) is 0 Å². The summed E-state index contributed by atoms with van der Waals surface area (Å²) in [7, 11) is 0. The monoisotopic (exact) mass is 547 g/mol. The van der Waals surface area contributed by atoms with Crippen LogP contribution in [0.4, 0.5) is 0 Å². The molecular formula is C35H65NO3. The van der Waals surface area contributed by atoms with E-state index in [4.69, 9.17) is 0 Å². The van der Waals surface area contributed by atoms with Gasteiger partial charge in [-0.3, -0.25) is 4.79 Å². The van der Waals surface area contributed by atoms with Crippen molar-refractivity contribution in [2.45, 2.75) is 174 Å². The Hall–Kier alpha value is -1.39. The summed E-state index contributed by atoms with van der Waals surface area (Å²) >= 11 is 0. The summed E-state index contributed by atoms with van der Waals surface area (Å²) in [6.45, 7) is 4.22. The number of carbonyl (C=O) groups is 1. The molecule has 0 aliphatic rings. The minimum Gasteiger partial charge on any atom is -0.394 e. The van der Waals surface area contributed by atoms with Crippen molar-refractivity contribution in [3.8, 4) is 0 Å². The molecule has 0 heterocycles. The van der Waals surface area contributed by atoms with Crippen LogP contribution in [-0.2, 0) is 4.79 Å². The fourth-order valence-electron chi connectivity index (χ4n) is 4.78. The Bertz CT molecular complexity index is 599. The molecule has 0 aromatic carbocycles. The number of amides is 1. The van der Waals surface area contributed by atoms with Gasteiger partial charge in [0.1, 0.15) is 0 Å². The van der Waals surface area contributed by atoms with E-state index < -0.39 is 12.1 Å². The predicted molar refractivity (Wildman–Crippen MR) is 170 cm³/mol. The Balaban J connectivity index is 3.51. The minimum absolute atomic E-state index is 0.0504. The van der Waals surface area contributed by atoms with E-state index in [9.17, 15) is 15.0 Å². The van der Waals surface area contributed by atoms with Crippen molar-refractivity contribution in [2.24, 2.45) is 0 Å². The van der Waals surface area contributed by atoms with Crippen LogP contribution in [0.15, 0.2) is 36.5 Å². The lowest BCUT2D eigenvalue weighted by molar-refractivity contribution is -0.123. The van der Waals surface area contributed by atoms with Crippen LogP contribution in [0.25, 0.3) is 0 Å². The first-order valence-corrected chi connectivity index (χ1v) is 16.7. The second kappa shape index (κ2) is 31.1. The molecule has 0 radical (unpaired) electrons. The first-order valence-electron chi connectivity index (χ1n) is 16.7. The minimum atomic E-state index is -0.657. The van der Waals surface area contributed by atoms with Crippen molar-refractivity contribution in [3.05, 3.63) is 36.5 Å². The highest BCUT2D eigenvalue weighted by Crippen LogP contribution is 2.12. The maximum Gasteiger partial charge on any atom is 0.220 e. The van der Waals surface area contributed by atoms with Gasteiger partial charge in [-0.1, -0.05) is 140 Å². The van der Waals surface area contributed by atoms with Crippen molar-refractivity contribution in [1.29, 1.82) is 0 Å². The number of aliphatic hydroxyl groups is 2. The third-order valence-electron chi connectivity index (χ3n) is 7.40. The molecule has 0 spiro atoms. The van der Waals surface area contributed by atoms with Crippen molar-refractivity contribution in [3.63, 3.8) is 0 Å². The van der Waals surface area contributed by atoms with Gasteiger partial charge in [-0.05, 0) is 51.4 Å². The molecule has 0 aliphatic heterocycles.